The van der Waals surface area contributed by atoms with Gasteiger partial charge in [0.15, 0.2) is 0 Å². The van der Waals surface area contributed by atoms with Gasteiger partial charge in [-0.05, 0) is 17.7 Å². The number of benzene rings is 1. The number of amides is 1. The zero-order valence-electron chi connectivity index (χ0n) is 13.5. The number of carbonyl (C=O) groups is 1. The summed E-state index contributed by atoms with van der Waals surface area (Å²) in [6, 6.07) is 6.58. The van der Waals surface area contributed by atoms with Gasteiger partial charge >= 0.3 is 0 Å². The predicted octanol–water partition coefficient (Wildman–Crippen LogP) is 1.28. The third-order valence-electron chi connectivity index (χ3n) is 4.44. The molecule has 3 rings (SSSR count). The lowest BCUT2D eigenvalue weighted by atomic mass is 10.0. The van der Waals surface area contributed by atoms with Crippen LogP contribution < -0.4 is 0 Å². The van der Waals surface area contributed by atoms with Crippen LogP contribution in [0.25, 0.3) is 0 Å². The van der Waals surface area contributed by atoms with Crippen LogP contribution in [0.2, 0.25) is 0 Å². The van der Waals surface area contributed by atoms with Crippen molar-refractivity contribution in [2.24, 2.45) is 0 Å². The molecule has 1 unspecified atom stereocenters. The number of nitrogens with zero attached hydrogens (tertiary/aromatic N) is 2. The van der Waals surface area contributed by atoms with Crippen molar-refractivity contribution in [2.75, 3.05) is 46.0 Å². The third kappa shape index (κ3) is 4.07. The van der Waals surface area contributed by atoms with Crippen molar-refractivity contribution in [2.45, 2.75) is 19.1 Å². The van der Waals surface area contributed by atoms with Gasteiger partial charge in [-0.2, -0.15) is 0 Å². The first kappa shape index (κ1) is 16.4. The molecule has 0 radical (unpaired) electrons. The Morgan fingerprint density at radius 3 is 2.74 bits per heavy atom. The molecule has 2 heterocycles. The second kappa shape index (κ2) is 6.95. The molecule has 5 nitrogen and oxygen atoms in total. The molecule has 0 N–H and O–H groups in total. The first-order valence-corrected chi connectivity index (χ1v) is 8.00. The van der Waals surface area contributed by atoms with Gasteiger partial charge in [-0.15, -0.1) is 0 Å². The summed E-state index contributed by atoms with van der Waals surface area (Å²) < 4.78 is 24.7. The highest BCUT2D eigenvalue weighted by molar-refractivity contribution is 5.73. The minimum absolute atomic E-state index is 0.0501. The van der Waals surface area contributed by atoms with E-state index in [0.717, 1.165) is 18.7 Å². The summed E-state index contributed by atoms with van der Waals surface area (Å²) in [5.74, 6) is -0.171. The first-order chi connectivity index (χ1) is 11.1. The Morgan fingerprint density at radius 1 is 1.22 bits per heavy atom. The topological polar surface area (TPSA) is 42.0 Å². The van der Waals surface area contributed by atoms with E-state index in [1.165, 1.54) is 12.1 Å². The van der Waals surface area contributed by atoms with Gasteiger partial charge < -0.3 is 14.4 Å². The van der Waals surface area contributed by atoms with Crippen LogP contribution in [0.15, 0.2) is 24.3 Å². The second-order valence-corrected chi connectivity index (χ2v) is 6.36. The fraction of sp³-hybridized carbons (Fsp3) is 0.588. The van der Waals surface area contributed by atoms with Gasteiger partial charge in [0.1, 0.15) is 11.4 Å². The molecule has 1 aromatic rings. The number of hydrogen-bond acceptors (Lipinski definition) is 4. The van der Waals surface area contributed by atoms with E-state index in [4.69, 9.17) is 9.47 Å². The van der Waals surface area contributed by atoms with Crippen LogP contribution in [-0.4, -0.2) is 67.3 Å². The summed E-state index contributed by atoms with van der Waals surface area (Å²) in [4.78, 5) is 15.8. The van der Waals surface area contributed by atoms with Gasteiger partial charge in [-0.25, -0.2) is 4.39 Å². The van der Waals surface area contributed by atoms with Crippen molar-refractivity contribution in [3.05, 3.63) is 35.6 Å². The van der Waals surface area contributed by atoms with Gasteiger partial charge in [-0.1, -0.05) is 12.1 Å². The second-order valence-electron chi connectivity index (χ2n) is 6.36. The molecule has 126 valence electrons. The zero-order valence-corrected chi connectivity index (χ0v) is 13.5. The van der Waals surface area contributed by atoms with Gasteiger partial charge in [-0.3, -0.25) is 9.69 Å². The largest absolute Gasteiger partial charge is 0.376 e. The summed E-state index contributed by atoms with van der Waals surface area (Å²) in [7, 11) is 0. The molecule has 1 spiro atoms. The molecule has 1 atom stereocenters. The zero-order chi connectivity index (χ0) is 16.3. The molecule has 1 amide bonds. The van der Waals surface area contributed by atoms with Crippen molar-refractivity contribution >= 4 is 5.91 Å². The summed E-state index contributed by atoms with van der Waals surface area (Å²) in [5.41, 5.74) is 0.599. The van der Waals surface area contributed by atoms with Crippen LogP contribution in [0.5, 0.6) is 0 Å². The summed E-state index contributed by atoms with van der Waals surface area (Å²) >= 11 is 0. The van der Waals surface area contributed by atoms with Crippen molar-refractivity contribution in [1.82, 2.24) is 9.80 Å². The van der Waals surface area contributed by atoms with Crippen LogP contribution in [0.3, 0.4) is 0 Å². The Balaban J connectivity index is 1.68. The average molecular weight is 322 g/mol. The van der Waals surface area contributed by atoms with E-state index in [1.807, 2.05) is 12.1 Å². The van der Waals surface area contributed by atoms with Crippen LogP contribution >= 0.6 is 0 Å². The number of ether oxygens (including phenoxy) is 2. The molecule has 23 heavy (non-hydrogen) atoms. The van der Waals surface area contributed by atoms with Gasteiger partial charge in [0.05, 0.1) is 26.4 Å². The number of hydrogen-bond donors (Lipinski definition) is 0. The molecule has 0 aromatic heterocycles. The molecule has 2 aliphatic heterocycles. The van der Waals surface area contributed by atoms with Gasteiger partial charge in [0, 0.05) is 33.1 Å². The molecule has 0 aliphatic carbocycles. The monoisotopic (exact) mass is 322 g/mol. The van der Waals surface area contributed by atoms with Gasteiger partial charge in [0.2, 0.25) is 5.91 Å². The van der Waals surface area contributed by atoms with E-state index in [9.17, 15) is 9.18 Å². The highest BCUT2D eigenvalue weighted by Crippen LogP contribution is 2.24. The maximum Gasteiger partial charge on any atom is 0.219 e. The first-order valence-electron chi connectivity index (χ1n) is 8.00. The van der Waals surface area contributed by atoms with E-state index in [0.29, 0.717) is 39.5 Å². The summed E-state index contributed by atoms with van der Waals surface area (Å²) in [5, 5.41) is 0. The lowest BCUT2D eigenvalue weighted by Gasteiger charge is -2.43. The normalized spacial score (nSPS) is 26.3. The fourth-order valence-electron chi connectivity index (χ4n) is 3.26. The standard InChI is InChI=1S/C17H23FN2O3/c1-14(21)20-7-8-22-13-17(12-20)11-19(6-9-23-17)10-15-2-4-16(18)5-3-15/h2-5H,6-13H2,1H3. The molecule has 1 aromatic carbocycles. The Hall–Kier alpha value is -1.50. The minimum Gasteiger partial charge on any atom is -0.376 e. The van der Waals surface area contributed by atoms with Crippen LogP contribution in [0.1, 0.15) is 12.5 Å². The van der Waals surface area contributed by atoms with E-state index in [-0.39, 0.29) is 11.7 Å². The molecule has 6 heteroatoms. The Labute approximate surface area is 136 Å². The summed E-state index contributed by atoms with van der Waals surface area (Å²) in [6.45, 7) is 6.66. The van der Waals surface area contributed by atoms with Crippen LogP contribution in [0, 0.1) is 5.82 Å². The highest BCUT2D eigenvalue weighted by atomic mass is 19.1. The van der Waals surface area contributed by atoms with E-state index < -0.39 is 5.60 Å². The SMILES string of the molecule is CC(=O)N1CCOCC2(CN(Cc3ccc(F)cc3)CCO2)C1. The molecular weight excluding hydrogens is 299 g/mol. The minimum atomic E-state index is -0.472. The van der Waals surface area contributed by atoms with Crippen LogP contribution in [-0.2, 0) is 20.8 Å². The lowest BCUT2D eigenvalue weighted by Crippen LogP contribution is -2.58. The fourth-order valence-corrected chi connectivity index (χ4v) is 3.26. The molecule has 0 saturated carbocycles. The smallest absolute Gasteiger partial charge is 0.219 e. The number of morpholine rings is 1. The van der Waals surface area contributed by atoms with Crippen molar-refractivity contribution < 1.29 is 18.7 Å². The van der Waals surface area contributed by atoms with E-state index in [1.54, 1.807) is 11.8 Å². The van der Waals surface area contributed by atoms with Crippen molar-refractivity contribution in [1.29, 1.82) is 0 Å². The van der Waals surface area contributed by atoms with Gasteiger partial charge in [0.25, 0.3) is 0 Å². The number of carbonyl (C=O) groups excluding carboxylic acids is 1. The third-order valence-corrected chi connectivity index (χ3v) is 4.44. The maximum atomic E-state index is 13.0. The molecule has 2 saturated heterocycles. The highest BCUT2D eigenvalue weighted by Gasteiger charge is 2.40. The quantitative estimate of drug-likeness (QED) is 0.822. The Morgan fingerprint density at radius 2 is 2.00 bits per heavy atom. The maximum absolute atomic E-state index is 13.0. The predicted molar refractivity (Wildman–Crippen MR) is 83.4 cm³/mol. The lowest BCUT2D eigenvalue weighted by molar-refractivity contribution is -0.151. The van der Waals surface area contributed by atoms with Crippen molar-refractivity contribution in [3.63, 3.8) is 0 Å². The van der Waals surface area contributed by atoms with E-state index in [2.05, 4.69) is 4.90 Å². The van der Waals surface area contributed by atoms with Crippen LogP contribution in [0.4, 0.5) is 4.39 Å². The molecule has 2 fully saturated rings. The number of halogens is 1. The Bertz CT molecular complexity index is 551. The molecule has 0 bridgehead atoms. The number of rotatable bonds is 2. The Kier molecular flexibility index (Phi) is 4.94. The molecular formula is C17H23FN2O3. The van der Waals surface area contributed by atoms with Crippen molar-refractivity contribution in [3.8, 4) is 0 Å². The molecule has 2 aliphatic rings. The average Bonchev–Trinajstić information content (AvgIpc) is 2.73. The van der Waals surface area contributed by atoms with E-state index >= 15 is 0 Å². The summed E-state index contributed by atoms with van der Waals surface area (Å²) in [6.07, 6.45) is 0.